The van der Waals surface area contributed by atoms with Gasteiger partial charge in [-0.1, -0.05) is 36.4 Å². The Morgan fingerprint density at radius 1 is 1.11 bits per heavy atom. The number of hydrogen-bond donors (Lipinski definition) is 0. The zero-order valence-corrected chi connectivity index (χ0v) is 15.2. The van der Waals surface area contributed by atoms with Crippen molar-refractivity contribution in [2.45, 2.75) is 19.0 Å². The van der Waals surface area contributed by atoms with Crippen molar-refractivity contribution in [2.75, 3.05) is 20.3 Å². The predicted octanol–water partition coefficient (Wildman–Crippen LogP) is 2.11. The summed E-state index contributed by atoms with van der Waals surface area (Å²) >= 11 is 0. The average molecular weight is 363 g/mol. The van der Waals surface area contributed by atoms with Crippen molar-refractivity contribution in [3.8, 4) is 11.5 Å². The number of pyridine rings is 1. The van der Waals surface area contributed by atoms with Crippen LogP contribution in [0.2, 0.25) is 0 Å². The first-order valence-electron chi connectivity index (χ1n) is 8.94. The van der Waals surface area contributed by atoms with E-state index in [1.165, 1.54) is 0 Å². The van der Waals surface area contributed by atoms with Gasteiger partial charge in [-0.15, -0.1) is 10.2 Å². The maximum Gasteiger partial charge on any atom is 0.246 e. The Morgan fingerprint density at radius 2 is 1.93 bits per heavy atom. The van der Waals surface area contributed by atoms with Crippen LogP contribution in [-0.2, 0) is 22.5 Å². The summed E-state index contributed by atoms with van der Waals surface area (Å²) in [6.45, 7) is 1.45. The lowest BCUT2D eigenvalue weighted by atomic mass is 10.0. The highest BCUT2D eigenvalue weighted by atomic mass is 16.5. The second-order valence-electron chi connectivity index (χ2n) is 6.48. The largest absolute Gasteiger partial charge is 0.383 e. The van der Waals surface area contributed by atoms with Crippen LogP contribution in [0.4, 0.5) is 0 Å². The zero-order valence-electron chi connectivity index (χ0n) is 15.2. The molecule has 0 N–H and O–H groups in total. The number of rotatable bonds is 6. The predicted molar refractivity (Wildman–Crippen MR) is 99.7 cm³/mol. The van der Waals surface area contributed by atoms with Crippen molar-refractivity contribution in [1.29, 1.82) is 0 Å². The van der Waals surface area contributed by atoms with Gasteiger partial charge >= 0.3 is 0 Å². The van der Waals surface area contributed by atoms with Gasteiger partial charge in [0.25, 0.3) is 0 Å². The van der Waals surface area contributed by atoms with E-state index in [2.05, 4.69) is 15.2 Å². The number of fused-ring (bicyclic) bond motifs is 1. The summed E-state index contributed by atoms with van der Waals surface area (Å²) in [6.07, 6.45) is 2.30. The van der Waals surface area contributed by atoms with Crippen LogP contribution in [-0.4, -0.2) is 50.8 Å². The van der Waals surface area contributed by atoms with E-state index in [-0.39, 0.29) is 5.91 Å². The maximum absolute atomic E-state index is 13.3. The van der Waals surface area contributed by atoms with Crippen LogP contribution >= 0.6 is 0 Å². The Labute approximate surface area is 157 Å². The Balaban J connectivity index is 1.75. The number of benzene rings is 1. The molecule has 0 radical (unpaired) electrons. The van der Waals surface area contributed by atoms with Gasteiger partial charge in [-0.3, -0.25) is 14.3 Å². The number of carbonyl (C=O) groups is 1. The second kappa shape index (κ2) is 7.67. The van der Waals surface area contributed by atoms with Crippen LogP contribution in [0.1, 0.15) is 17.4 Å². The minimum absolute atomic E-state index is 0.0559. The molecule has 0 spiro atoms. The van der Waals surface area contributed by atoms with Crippen LogP contribution in [0, 0.1) is 0 Å². The van der Waals surface area contributed by atoms with Gasteiger partial charge in [-0.2, -0.15) is 0 Å². The fourth-order valence-corrected chi connectivity index (χ4v) is 3.41. The van der Waals surface area contributed by atoms with Crippen LogP contribution in [0.3, 0.4) is 0 Å². The summed E-state index contributed by atoms with van der Waals surface area (Å²) in [6, 6.07) is 15.3. The van der Waals surface area contributed by atoms with E-state index < -0.39 is 6.04 Å². The van der Waals surface area contributed by atoms with E-state index in [1.54, 1.807) is 18.2 Å². The molecule has 1 amide bonds. The molecule has 0 fully saturated rings. The third-order valence-electron chi connectivity index (χ3n) is 4.74. The Hall–Kier alpha value is -3.06. The summed E-state index contributed by atoms with van der Waals surface area (Å²) in [7, 11) is 1.64. The molecule has 3 heterocycles. The smallest absolute Gasteiger partial charge is 0.246 e. The van der Waals surface area contributed by atoms with Gasteiger partial charge in [0.1, 0.15) is 11.7 Å². The van der Waals surface area contributed by atoms with E-state index in [4.69, 9.17) is 4.74 Å². The highest BCUT2D eigenvalue weighted by molar-refractivity contribution is 5.82. The van der Waals surface area contributed by atoms with Crippen molar-refractivity contribution in [3.63, 3.8) is 0 Å². The summed E-state index contributed by atoms with van der Waals surface area (Å²) in [4.78, 5) is 19.4. The molecular formula is C20H21N5O2. The van der Waals surface area contributed by atoms with Crippen LogP contribution in [0.25, 0.3) is 11.5 Å². The lowest BCUT2D eigenvalue weighted by molar-refractivity contribution is -0.138. The number of carbonyl (C=O) groups excluding carboxylic acids is 1. The highest BCUT2D eigenvalue weighted by Crippen LogP contribution is 2.30. The molecule has 27 heavy (non-hydrogen) atoms. The third-order valence-corrected chi connectivity index (χ3v) is 4.74. The van der Waals surface area contributed by atoms with Crippen molar-refractivity contribution in [3.05, 3.63) is 66.1 Å². The molecule has 3 aromatic rings. The quantitative estimate of drug-likeness (QED) is 0.671. The molecule has 7 nitrogen and oxygen atoms in total. The summed E-state index contributed by atoms with van der Waals surface area (Å²) in [5.74, 6) is 1.46. The van der Waals surface area contributed by atoms with Crippen LogP contribution in [0.15, 0.2) is 54.7 Å². The topological polar surface area (TPSA) is 73.1 Å². The van der Waals surface area contributed by atoms with Gasteiger partial charge in [0.15, 0.2) is 11.6 Å². The molecule has 2 aromatic heterocycles. The summed E-state index contributed by atoms with van der Waals surface area (Å²) in [5, 5.41) is 8.71. The van der Waals surface area contributed by atoms with Gasteiger partial charge in [-0.05, 0) is 17.7 Å². The van der Waals surface area contributed by atoms with E-state index in [0.717, 1.165) is 11.4 Å². The number of nitrogens with zero attached hydrogens (tertiary/aromatic N) is 5. The minimum atomic E-state index is -0.403. The first kappa shape index (κ1) is 17.4. The molecule has 0 saturated heterocycles. The van der Waals surface area contributed by atoms with E-state index in [9.17, 15) is 4.79 Å². The summed E-state index contributed by atoms with van der Waals surface area (Å²) < 4.78 is 7.11. The zero-order chi connectivity index (χ0) is 18.6. The van der Waals surface area contributed by atoms with Crippen molar-refractivity contribution in [2.24, 2.45) is 0 Å². The second-order valence-corrected chi connectivity index (χ2v) is 6.48. The molecule has 4 rings (SSSR count). The Kier molecular flexibility index (Phi) is 4.93. The third kappa shape index (κ3) is 3.46. The Morgan fingerprint density at radius 3 is 2.67 bits per heavy atom. The first-order valence-corrected chi connectivity index (χ1v) is 8.94. The van der Waals surface area contributed by atoms with Crippen LogP contribution < -0.4 is 0 Å². The van der Waals surface area contributed by atoms with Gasteiger partial charge in [0.05, 0.1) is 13.2 Å². The van der Waals surface area contributed by atoms with Gasteiger partial charge in [0.2, 0.25) is 5.91 Å². The molecule has 1 aliphatic heterocycles. The number of hydrogen-bond acceptors (Lipinski definition) is 5. The van der Waals surface area contributed by atoms with E-state index in [1.807, 2.05) is 53.1 Å². The van der Waals surface area contributed by atoms with Crippen LogP contribution in [0.5, 0.6) is 0 Å². The molecule has 1 aromatic carbocycles. The number of amides is 1. The van der Waals surface area contributed by atoms with Gasteiger partial charge < -0.3 is 9.64 Å². The molecule has 0 unspecified atom stereocenters. The lowest BCUT2D eigenvalue weighted by Gasteiger charge is -2.33. The number of aromatic nitrogens is 4. The standard InChI is InChI=1S/C20H21N5O2/c1-27-12-11-24-14-18-22-23-19(16-9-5-6-10-21-16)25(18)17(20(24)26)13-15-7-3-2-4-8-15/h2-10,17H,11-14H2,1H3/t17-/m1/s1. The number of ether oxygens (including phenoxy) is 1. The monoisotopic (exact) mass is 363 g/mol. The van der Waals surface area contributed by atoms with Crippen molar-refractivity contribution in [1.82, 2.24) is 24.6 Å². The van der Waals surface area contributed by atoms with E-state index >= 15 is 0 Å². The minimum Gasteiger partial charge on any atom is -0.383 e. The maximum atomic E-state index is 13.3. The fourth-order valence-electron chi connectivity index (χ4n) is 3.41. The molecule has 0 saturated carbocycles. The first-order chi connectivity index (χ1) is 13.3. The molecule has 1 aliphatic rings. The SMILES string of the molecule is COCCN1Cc2nnc(-c3ccccn3)n2[C@H](Cc2ccccc2)C1=O. The Bertz CT molecular complexity index is 911. The number of methoxy groups -OCH3 is 1. The lowest BCUT2D eigenvalue weighted by Crippen LogP contribution is -2.45. The average Bonchev–Trinajstić information content (AvgIpc) is 3.14. The molecular weight excluding hydrogens is 342 g/mol. The fraction of sp³-hybridized carbons (Fsp3) is 0.300. The van der Waals surface area contributed by atoms with Crippen molar-refractivity contribution < 1.29 is 9.53 Å². The molecule has 0 bridgehead atoms. The molecule has 0 aliphatic carbocycles. The molecule has 7 heteroatoms. The highest BCUT2D eigenvalue weighted by Gasteiger charge is 2.36. The molecule has 1 atom stereocenters. The normalized spacial score (nSPS) is 16.4. The molecule has 138 valence electrons. The summed E-state index contributed by atoms with van der Waals surface area (Å²) in [5.41, 5.74) is 1.81. The van der Waals surface area contributed by atoms with Crippen molar-refractivity contribution >= 4 is 5.91 Å². The van der Waals surface area contributed by atoms with Gasteiger partial charge in [0, 0.05) is 26.3 Å². The van der Waals surface area contributed by atoms with Gasteiger partial charge in [-0.25, -0.2) is 0 Å². The van der Waals surface area contributed by atoms with E-state index in [0.29, 0.717) is 37.6 Å².